The number of carboxylic acids is 1. The van der Waals surface area contributed by atoms with Crippen LogP contribution in [0.2, 0.25) is 0 Å². The van der Waals surface area contributed by atoms with E-state index < -0.39 is 40.5 Å². The SMILES string of the molecule is CC[C@]12CC[C@@]1(N)CN(c1c(F)cc3c(=O)c(C(=O)O)cn([C@@H]4C[C@@H]4F)c3c1OC)C2. The highest BCUT2D eigenvalue weighted by atomic mass is 19.1. The van der Waals surface area contributed by atoms with E-state index in [0.717, 1.165) is 31.5 Å². The molecular weight excluding hydrogens is 408 g/mol. The summed E-state index contributed by atoms with van der Waals surface area (Å²) in [5.41, 5.74) is 5.19. The normalized spacial score (nSPS) is 31.5. The van der Waals surface area contributed by atoms with Crippen LogP contribution in [0.25, 0.3) is 10.9 Å². The van der Waals surface area contributed by atoms with E-state index in [1.807, 2.05) is 4.90 Å². The van der Waals surface area contributed by atoms with Crippen molar-refractivity contribution >= 4 is 22.6 Å². The highest BCUT2D eigenvalue weighted by molar-refractivity contribution is 5.97. The number of benzene rings is 1. The van der Waals surface area contributed by atoms with E-state index in [9.17, 15) is 19.1 Å². The van der Waals surface area contributed by atoms with Gasteiger partial charge in [0, 0.05) is 36.7 Å². The molecule has 0 spiro atoms. The van der Waals surface area contributed by atoms with Gasteiger partial charge >= 0.3 is 5.97 Å². The minimum Gasteiger partial charge on any atom is -0.492 e. The first kappa shape index (κ1) is 20.2. The van der Waals surface area contributed by atoms with Crippen molar-refractivity contribution in [2.75, 3.05) is 25.1 Å². The summed E-state index contributed by atoms with van der Waals surface area (Å²) in [4.78, 5) is 26.3. The number of ether oxygens (including phenoxy) is 1. The fourth-order valence-electron chi connectivity index (χ4n) is 5.63. The van der Waals surface area contributed by atoms with E-state index in [1.54, 1.807) is 0 Å². The number of carbonyl (C=O) groups is 1. The third kappa shape index (κ3) is 2.58. The predicted molar refractivity (Wildman–Crippen MR) is 111 cm³/mol. The molecule has 2 heterocycles. The van der Waals surface area contributed by atoms with Gasteiger partial charge in [-0.3, -0.25) is 4.79 Å². The molecule has 1 aromatic carbocycles. The zero-order valence-corrected chi connectivity index (χ0v) is 17.5. The molecule has 166 valence electrons. The Morgan fingerprint density at radius 2 is 2.10 bits per heavy atom. The number of nitrogens with two attached hydrogens (primary N) is 1. The Kier molecular flexibility index (Phi) is 4.19. The van der Waals surface area contributed by atoms with Crippen molar-refractivity contribution in [1.82, 2.24) is 4.57 Å². The fourth-order valence-corrected chi connectivity index (χ4v) is 5.63. The number of hydrogen-bond acceptors (Lipinski definition) is 5. The summed E-state index contributed by atoms with van der Waals surface area (Å²) in [7, 11) is 1.37. The number of anilines is 1. The summed E-state index contributed by atoms with van der Waals surface area (Å²) in [5, 5.41) is 9.30. The van der Waals surface area contributed by atoms with E-state index in [4.69, 9.17) is 10.5 Å². The molecule has 1 aromatic heterocycles. The monoisotopic (exact) mass is 433 g/mol. The van der Waals surface area contributed by atoms with Crippen LogP contribution >= 0.6 is 0 Å². The number of rotatable bonds is 5. The van der Waals surface area contributed by atoms with Gasteiger partial charge in [0.25, 0.3) is 0 Å². The zero-order valence-electron chi connectivity index (χ0n) is 17.5. The zero-order chi connectivity index (χ0) is 22.3. The lowest BCUT2D eigenvalue weighted by molar-refractivity contribution is 0.0466. The molecule has 0 unspecified atom stereocenters. The number of fused-ring (bicyclic) bond motifs is 2. The summed E-state index contributed by atoms with van der Waals surface area (Å²) in [6.07, 6.45) is 2.87. The molecule has 3 fully saturated rings. The first-order valence-electron chi connectivity index (χ1n) is 10.5. The molecule has 5 rings (SSSR count). The van der Waals surface area contributed by atoms with E-state index in [1.165, 1.54) is 11.7 Å². The third-order valence-electron chi connectivity index (χ3n) is 7.74. The Morgan fingerprint density at radius 3 is 2.58 bits per heavy atom. The Balaban J connectivity index is 1.77. The number of nitrogens with zero attached hydrogens (tertiary/aromatic N) is 2. The number of aromatic carboxylic acids is 1. The van der Waals surface area contributed by atoms with Crippen LogP contribution in [0.15, 0.2) is 17.1 Å². The minimum atomic E-state index is -1.44. The van der Waals surface area contributed by atoms with Gasteiger partial charge in [0.1, 0.15) is 17.4 Å². The second-order valence-electron chi connectivity index (χ2n) is 9.19. The quantitative estimate of drug-likeness (QED) is 0.753. The van der Waals surface area contributed by atoms with Gasteiger partial charge in [0.2, 0.25) is 5.43 Å². The molecule has 9 heteroatoms. The number of aromatic nitrogens is 1. The molecule has 0 bridgehead atoms. The molecule has 31 heavy (non-hydrogen) atoms. The lowest BCUT2D eigenvalue weighted by Crippen LogP contribution is -2.62. The summed E-state index contributed by atoms with van der Waals surface area (Å²) >= 11 is 0. The number of alkyl halides is 1. The second kappa shape index (κ2) is 6.41. The first-order chi connectivity index (χ1) is 14.7. The fraction of sp³-hybridized carbons (Fsp3) is 0.545. The Bertz CT molecular complexity index is 1180. The van der Waals surface area contributed by atoms with Gasteiger partial charge in [-0.1, -0.05) is 6.92 Å². The van der Waals surface area contributed by atoms with Crippen LogP contribution in [-0.4, -0.2) is 47.6 Å². The first-order valence-corrected chi connectivity index (χ1v) is 10.5. The minimum absolute atomic E-state index is 0.104. The molecule has 7 nitrogen and oxygen atoms in total. The average molecular weight is 433 g/mol. The summed E-state index contributed by atoms with van der Waals surface area (Å²) in [6, 6.07) is 0.432. The second-order valence-corrected chi connectivity index (χ2v) is 9.19. The predicted octanol–water partition coefficient (Wildman–Crippen LogP) is 2.84. The van der Waals surface area contributed by atoms with Crippen LogP contribution < -0.4 is 20.8 Å². The van der Waals surface area contributed by atoms with E-state index in [-0.39, 0.29) is 34.2 Å². The van der Waals surface area contributed by atoms with Gasteiger partial charge in [-0.2, -0.15) is 0 Å². The highest BCUT2D eigenvalue weighted by Gasteiger charge is 2.61. The van der Waals surface area contributed by atoms with E-state index in [2.05, 4.69) is 6.92 Å². The smallest absolute Gasteiger partial charge is 0.341 e. The van der Waals surface area contributed by atoms with Crippen LogP contribution in [0.5, 0.6) is 5.75 Å². The highest BCUT2D eigenvalue weighted by Crippen LogP contribution is 2.57. The van der Waals surface area contributed by atoms with Gasteiger partial charge in [-0.15, -0.1) is 0 Å². The van der Waals surface area contributed by atoms with Gasteiger partial charge in [-0.05, 0) is 25.3 Å². The molecule has 2 aliphatic carbocycles. The van der Waals surface area contributed by atoms with Gasteiger partial charge in [-0.25, -0.2) is 13.6 Å². The van der Waals surface area contributed by atoms with Crippen molar-refractivity contribution in [2.45, 2.75) is 50.4 Å². The molecule has 2 aromatic rings. The topological polar surface area (TPSA) is 97.8 Å². The van der Waals surface area contributed by atoms with Crippen molar-refractivity contribution in [1.29, 1.82) is 0 Å². The van der Waals surface area contributed by atoms with E-state index >= 15 is 4.39 Å². The van der Waals surface area contributed by atoms with Crippen LogP contribution in [0.3, 0.4) is 0 Å². The number of methoxy groups -OCH3 is 1. The maximum Gasteiger partial charge on any atom is 0.341 e. The van der Waals surface area contributed by atoms with Crippen LogP contribution in [0.4, 0.5) is 14.5 Å². The molecule has 3 aliphatic rings. The van der Waals surface area contributed by atoms with Crippen molar-refractivity contribution in [3.05, 3.63) is 33.9 Å². The van der Waals surface area contributed by atoms with Crippen molar-refractivity contribution < 1.29 is 23.4 Å². The van der Waals surface area contributed by atoms with Crippen LogP contribution in [0.1, 0.15) is 49.0 Å². The van der Waals surface area contributed by atoms with Crippen molar-refractivity contribution in [3.63, 3.8) is 0 Å². The summed E-state index contributed by atoms with van der Waals surface area (Å²) in [6.45, 7) is 3.09. The molecule has 3 N–H and O–H groups in total. The number of carboxylic acid groups (broad SMARTS) is 1. The van der Waals surface area contributed by atoms with E-state index in [0.29, 0.717) is 13.1 Å². The number of hydrogen-bond donors (Lipinski definition) is 2. The molecule has 1 aliphatic heterocycles. The number of pyridine rings is 1. The lowest BCUT2D eigenvalue weighted by Gasteiger charge is -2.51. The Morgan fingerprint density at radius 1 is 1.39 bits per heavy atom. The van der Waals surface area contributed by atoms with Crippen molar-refractivity contribution in [3.8, 4) is 5.75 Å². The Hall–Kier alpha value is -2.68. The van der Waals surface area contributed by atoms with Crippen molar-refractivity contribution in [2.24, 2.45) is 11.1 Å². The summed E-state index contributed by atoms with van der Waals surface area (Å²) < 4.78 is 36.5. The standard InChI is InChI=1S/C22H25F2N3O4/c1-3-21-4-5-22(21,25)10-26(9-21)17-14(24)6-11-16(19(17)31-2)27(15-7-13(15)23)8-12(18(11)28)20(29)30/h6,8,13,15H,3-5,7,9-10,25H2,1-2H3,(H,29,30)/t13-,15+,21+,22+/m0/s1. The van der Waals surface area contributed by atoms with Gasteiger partial charge in [0.05, 0.1) is 24.1 Å². The molecule has 1 saturated heterocycles. The molecule has 2 saturated carbocycles. The maximum absolute atomic E-state index is 15.5. The van der Waals surface area contributed by atoms with Gasteiger partial charge < -0.3 is 25.0 Å². The van der Waals surface area contributed by atoms with Crippen LogP contribution in [0, 0.1) is 11.2 Å². The summed E-state index contributed by atoms with van der Waals surface area (Å²) in [5.74, 6) is -2.01. The average Bonchev–Trinajstić information content (AvgIpc) is 3.41. The molecular formula is C22H25F2N3O4. The Labute approximate surface area is 177 Å². The maximum atomic E-state index is 15.5. The molecule has 0 amide bonds. The van der Waals surface area contributed by atoms with Gasteiger partial charge in [0.15, 0.2) is 11.6 Å². The largest absolute Gasteiger partial charge is 0.492 e. The lowest BCUT2D eigenvalue weighted by atomic mass is 9.56. The molecule has 4 atom stereocenters. The van der Waals surface area contributed by atoms with Crippen LogP contribution in [-0.2, 0) is 0 Å². The number of halogens is 2. The molecule has 0 radical (unpaired) electrons. The third-order valence-corrected chi connectivity index (χ3v) is 7.74.